The summed E-state index contributed by atoms with van der Waals surface area (Å²) < 4.78 is 11.9. The Morgan fingerprint density at radius 1 is 1.47 bits per heavy atom. The Morgan fingerprint density at radius 2 is 2.16 bits per heavy atom. The van der Waals surface area contributed by atoms with E-state index >= 15 is 0 Å². The predicted octanol–water partition coefficient (Wildman–Crippen LogP) is 3.24. The second kappa shape index (κ2) is 4.87. The molecule has 1 heterocycles. The summed E-state index contributed by atoms with van der Waals surface area (Å²) in [4.78, 5) is 11.7. The summed E-state index contributed by atoms with van der Waals surface area (Å²) in [5.74, 6) is 0.468. The maximum Gasteiger partial charge on any atom is 0.435 e. The summed E-state index contributed by atoms with van der Waals surface area (Å²) in [6.45, 7) is 8.36. The van der Waals surface area contributed by atoms with Crippen molar-refractivity contribution < 1.29 is 14.3 Å². The normalized spacial score (nSPS) is 17.1. The Labute approximate surface area is 113 Å². The average molecular weight is 266 g/mol. The predicted molar refractivity (Wildman–Crippen MR) is 71.3 cm³/mol. The molecule has 0 N–H and O–H groups in total. The number of carbonyl (C=O) groups is 1. The van der Waals surface area contributed by atoms with E-state index in [-0.39, 0.29) is 0 Å². The van der Waals surface area contributed by atoms with E-state index in [0.717, 1.165) is 6.42 Å². The molecule has 19 heavy (non-hydrogen) atoms. The lowest BCUT2D eigenvalue weighted by molar-refractivity contribution is 0.0511. The third-order valence-electron chi connectivity index (χ3n) is 3.20. The zero-order chi connectivity index (χ0) is 14.1. The molecule has 0 radical (unpaired) electrons. The SMILES string of the molecule is CC1(CCOc2ccn(C(=O)OC(C)(C)C)n2)CC1. The van der Waals surface area contributed by atoms with Crippen molar-refractivity contribution in [3.05, 3.63) is 12.3 Å². The van der Waals surface area contributed by atoms with Crippen LogP contribution in [0.5, 0.6) is 5.88 Å². The molecule has 1 aliphatic carbocycles. The summed E-state index contributed by atoms with van der Waals surface area (Å²) >= 11 is 0. The zero-order valence-electron chi connectivity index (χ0n) is 12.1. The molecule has 0 saturated heterocycles. The van der Waals surface area contributed by atoms with Crippen LogP contribution < -0.4 is 4.74 Å². The van der Waals surface area contributed by atoms with Gasteiger partial charge in [-0.2, -0.15) is 4.68 Å². The van der Waals surface area contributed by atoms with Gasteiger partial charge in [0.25, 0.3) is 0 Å². The highest BCUT2D eigenvalue weighted by Gasteiger charge is 2.36. The Hall–Kier alpha value is -1.52. The van der Waals surface area contributed by atoms with Gasteiger partial charge in [0, 0.05) is 12.3 Å². The van der Waals surface area contributed by atoms with Crippen molar-refractivity contribution in [2.45, 2.75) is 52.6 Å². The molecule has 0 bridgehead atoms. The van der Waals surface area contributed by atoms with Gasteiger partial charge in [0.05, 0.1) is 6.61 Å². The van der Waals surface area contributed by atoms with Crippen molar-refractivity contribution in [3.8, 4) is 5.88 Å². The minimum Gasteiger partial charge on any atom is -0.477 e. The fourth-order valence-corrected chi connectivity index (χ4v) is 1.66. The third-order valence-corrected chi connectivity index (χ3v) is 3.20. The molecule has 1 aromatic heterocycles. The lowest BCUT2D eigenvalue weighted by Crippen LogP contribution is -2.27. The summed E-state index contributed by atoms with van der Waals surface area (Å²) in [7, 11) is 0. The molecule has 2 rings (SSSR count). The van der Waals surface area contributed by atoms with E-state index in [1.807, 2.05) is 20.8 Å². The van der Waals surface area contributed by atoms with Crippen molar-refractivity contribution in [2.75, 3.05) is 6.61 Å². The molecule has 1 saturated carbocycles. The van der Waals surface area contributed by atoms with Gasteiger partial charge in [-0.1, -0.05) is 6.92 Å². The first-order valence-electron chi connectivity index (χ1n) is 6.69. The zero-order valence-corrected chi connectivity index (χ0v) is 12.1. The fraction of sp³-hybridized carbons (Fsp3) is 0.714. The van der Waals surface area contributed by atoms with Crippen molar-refractivity contribution >= 4 is 6.09 Å². The second-order valence-electron chi connectivity index (χ2n) is 6.49. The van der Waals surface area contributed by atoms with Crippen molar-refractivity contribution in [2.24, 2.45) is 5.41 Å². The van der Waals surface area contributed by atoms with Crippen LogP contribution in [0.15, 0.2) is 12.3 Å². The van der Waals surface area contributed by atoms with Crippen LogP contribution in [0, 0.1) is 5.41 Å². The van der Waals surface area contributed by atoms with Crippen molar-refractivity contribution in [3.63, 3.8) is 0 Å². The van der Waals surface area contributed by atoms with Crippen LogP contribution in [0.1, 0.15) is 47.0 Å². The largest absolute Gasteiger partial charge is 0.477 e. The third kappa shape index (κ3) is 4.26. The van der Waals surface area contributed by atoms with Gasteiger partial charge >= 0.3 is 6.09 Å². The number of hydrogen-bond donors (Lipinski definition) is 0. The first-order chi connectivity index (χ1) is 8.77. The van der Waals surface area contributed by atoms with Crippen LogP contribution in [0.4, 0.5) is 4.79 Å². The van der Waals surface area contributed by atoms with Gasteiger partial charge in [0.2, 0.25) is 5.88 Å². The molecular weight excluding hydrogens is 244 g/mol. The van der Waals surface area contributed by atoms with Crippen LogP contribution in [0.3, 0.4) is 0 Å². The van der Waals surface area contributed by atoms with E-state index in [0.29, 0.717) is 17.9 Å². The van der Waals surface area contributed by atoms with Gasteiger partial charge in [0.15, 0.2) is 0 Å². The van der Waals surface area contributed by atoms with Crippen LogP contribution in [-0.2, 0) is 4.74 Å². The molecule has 0 amide bonds. The Bertz CT molecular complexity index is 456. The number of ether oxygens (including phenoxy) is 2. The van der Waals surface area contributed by atoms with E-state index in [9.17, 15) is 4.79 Å². The van der Waals surface area contributed by atoms with Crippen LogP contribution in [0.2, 0.25) is 0 Å². The molecule has 0 spiro atoms. The summed E-state index contributed by atoms with van der Waals surface area (Å²) in [5, 5.41) is 4.05. The molecule has 1 fully saturated rings. The molecule has 106 valence electrons. The van der Waals surface area contributed by atoms with Gasteiger partial charge in [0.1, 0.15) is 5.60 Å². The van der Waals surface area contributed by atoms with Gasteiger partial charge in [-0.25, -0.2) is 4.79 Å². The van der Waals surface area contributed by atoms with Gasteiger partial charge < -0.3 is 9.47 Å². The smallest absolute Gasteiger partial charge is 0.435 e. The molecule has 5 heteroatoms. The monoisotopic (exact) mass is 266 g/mol. The van der Waals surface area contributed by atoms with Crippen molar-refractivity contribution in [1.82, 2.24) is 9.78 Å². The topological polar surface area (TPSA) is 53.4 Å². The molecule has 1 aromatic rings. The highest BCUT2D eigenvalue weighted by Crippen LogP contribution is 2.47. The minimum absolute atomic E-state index is 0.466. The molecule has 0 aromatic carbocycles. The van der Waals surface area contributed by atoms with E-state index in [1.54, 1.807) is 12.3 Å². The highest BCUT2D eigenvalue weighted by atomic mass is 16.6. The number of carbonyl (C=O) groups excluding carboxylic acids is 1. The minimum atomic E-state index is -0.523. The van der Waals surface area contributed by atoms with Crippen LogP contribution in [-0.4, -0.2) is 28.1 Å². The lowest BCUT2D eigenvalue weighted by Gasteiger charge is -2.18. The summed E-state index contributed by atoms with van der Waals surface area (Å²) in [6, 6.07) is 1.68. The number of nitrogens with zero attached hydrogens (tertiary/aromatic N) is 2. The van der Waals surface area contributed by atoms with Gasteiger partial charge in [-0.05, 0) is 45.4 Å². The van der Waals surface area contributed by atoms with Gasteiger partial charge in [-0.15, -0.1) is 5.10 Å². The Kier molecular flexibility index (Phi) is 3.56. The molecule has 0 unspecified atom stereocenters. The number of rotatable bonds is 4. The van der Waals surface area contributed by atoms with E-state index in [2.05, 4.69) is 12.0 Å². The van der Waals surface area contributed by atoms with Crippen LogP contribution in [0.25, 0.3) is 0 Å². The summed E-state index contributed by atoms with van der Waals surface area (Å²) in [5.41, 5.74) is -0.0572. The molecule has 1 aliphatic rings. The number of hydrogen-bond acceptors (Lipinski definition) is 4. The average Bonchev–Trinajstić information content (AvgIpc) is 2.83. The van der Waals surface area contributed by atoms with Crippen LogP contribution >= 0.6 is 0 Å². The maximum absolute atomic E-state index is 11.7. The molecule has 0 atom stereocenters. The van der Waals surface area contributed by atoms with E-state index in [1.165, 1.54) is 17.5 Å². The fourth-order valence-electron chi connectivity index (χ4n) is 1.66. The number of aromatic nitrogens is 2. The standard InChI is InChI=1S/C14H22N2O3/c1-13(2,3)19-12(17)16-9-5-11(15-16)18-10-8-14(4)6-7-14/h5,9H,6-8,10H2,1-4H3. The summed E-state index contributed by atoms with van der Waals surface area (Å²) in [6.07, 6.45) is 4.66. The maximum atomic E-state index is 11.7. The van der Waals surface area contributed by atoms with Gasteiger partial charge in [-0.3, -0.25) is 0 Å². The molecule has 0 aliphatic heterocycles. The first-order valence-corrected chi connectivity index (χ1v) is 6.69. The lowest BCUT2D eigenvalue weighted by atomic mass is 10.1. The molecule has 5 nitrogen and oxygen atoms in total. The highest BCUT2D eigenvalue weighted by molar-refractivity contribution is 5.69. The first kappa shape index (κ1) is 13.9. The van der Waals surface area contributed by atoms with Crippen molar-refractivity contribution in [1.29, 1.82) is 0 Å². The Balaban J connectivity index is 1.82. The second-order valence-corrected chi connectivity index (χ2v) is 6.49. The van der Waals surface area contributed by atoms with E-state index < -0.39 is 11.7 Å². The van der Waals surface area contributed by atoms with E-state index in [4.69, 9.17) is 9.47 Å². The Morgan fingerprint density at radius 3 is 2.74 bits per heavy atom. The quantitative estimate of drug-likeness (QED) is 0.839. The molecular formula is C14H22N2O3.